The number of hydrogen-bond acceptors (Lipinski definition) is 4. The molecule has 158 valence electrons. The number of hydrogen-bond donors (Lipinski definition) is 2. The van der Waals surface area contributed by atoms with Gasteiger partial charge >= 0.3 is 0 Å². The van der Waals surface area contributed by atoms with Gasteiger partial charge < -0.3 is 5.11 Å². The first-order valence-corrected chi connectivity index (χ1v) is 12.7. The van der Waals surface area contributed by atoms with E-state index in [4.69, 9.17) is 0 Å². The maximum Gasteiger partial charge on any atom is 0.244 e. The molecule has 0 amide bonds. The lowest BCUT2D eigenvalue weighted by Gasteiger charge is -2.59. The number of hydrazone groups is 1. The zero-order valence-electron chi connectivity index (χ0n) is 18.0. The summed E-state index contributed by atoms with van der Waals surface area (Å²) in [7, 11) is -3.32. The lowest BCUT2D eigenvalue weighted by atomic mass is 9.46. The predicted octanol–water partition coefficient (Wildman–Crippen LogP) is 4.00. The summed E-state index contributed by atoms with van der Waals surface area (Å²) in [4.78, 5) is 2.33. The molecule has 5 nitrogen and oxygen atoms in total. The average Bonchev–Trinajstić information content (AvgIpc) is 2.83. The summed E-state index contributed by atoms with van der Waals surface area (Å²) in [6, 6.07) is 0. The molecule has 0 aliphatic heterocycles. The normalized spacial score (nSPS) is 47.5. The van der Waals surface area contributed by atoms with Gasteiger partial charge in [0.25, 0.3) is 0 Å². The maximum absolute atomic E-state index is 11.4. The third-order valence-corrected chi connectivity index (χ3v) is 9.77. The van der Waals surface area contributed by atoms with E-state index in [1.165, 1.54) is 24.0 Å². The quantitative estimate of drug-likeness (QED) is 0.678. The molecular weight excluding hydrogens is 372 g/mol. The third kappa shape index (κ3) is 2.89. The van der Waals surface area contributed by atoms with Crippen molar-refractivity contribution in [1.29, 1.82) is 0 Å². The molecule has 0 radical (unpaired) electrons. The van der Waals surface area contributed by atoms with Crippen LogP contribution in [0.1, 0.15) is 79.1 Å². The summed E-state index contributed by atoms with van der Waals surface area (Å²) >= 11 is 0. The fourth-order valence-corrected chi connectivity index (χ4v) is 7.79. The maximum atomic E-state index is 11.4. The van der Waals surface area contributed by atoms with E-state index in [1.54, 1.807) is 0 Å². The van der Waals surface area contributed by atoms with Crippen molar-refractivity contribution >= 4 is 15.7 Å². The lowest BCUT2D eigenvalue weighted by Crippen LogP contribution is -2.54. The standard InChI is InChI=1S/C22H36N2O3S/c1-14-16-7-6-15-17(8-12-21(3)18(15)9-13-22(21,4)25)20(16,2)11-10-19(14)23-24-28(5,26)27/h15,17-18,24-25H,6-13H2,1-5H3/b23-19+/t15-,17+,18+,20+,21+,22+/m1/s1. The largest absolute Gasteiger partial charge is 0.390 e. The Kier molecular flexibility index (Phi) is 4.59. The zero-order chi connectivity index (χ0) is 20.5. The number of nitrogens with one attached hydrogen (secondary N) is 1. The van der Waals surface area contributed by atoms with Gasteiger partial charge in [-0.3, -0.25) is 0 Å². The summed E-state index contributed by atoms with van der Waals surface area (Å²) in [6.07, 6.45) is 9.69. The molecule has 0 aromatic heterocycles. The summed E-state index contributed by atoms with van der Waals surface area (Å²) in [5.74, 6) is 1.99. The van der Waals surface area contributed by atoms with Crippen molar-refractivity contribution in [2.24, 2.45) is 33.7 Å². The van der Waals surface area contributed by atoms with E-state index in [9.17, 15) is 13.5 Å². The van der Waals surface area contributed by atoms with Crippen LogP contribution >= 0.6 is 0 Å². The molecule has 4 aliphatic carbocycles. The van der Waals surface area contributed by atoms with Crippen LogP contribution in [0.3, 0.4) is 0 Å². The Morgan fingerprint density at radius 1 is 1.04 bits per heavy atom. The summed E-state index contributed by atoms with van der Waals surface area (Å²) < 4.78 is 22.9. The van der Waals surface area contributed by atoms with Crippen LogP contribution in [-0.2, 0) is 10.0 Å². The molecule has 2 N–H and O–H groups in total. The highest BCUT2D eigenvalue weighted by atomic mass is 32.2. The predicted molar refractivity (Wildman–Crippen MR) is 112 cm³/mol. The molecule has 0 saturated heterocycles. The number of fused-ring (bicyclic) bond motifs is 5. The number of rotatable bonds is 2. The van der Waals surface area contributed by atoms with Crippen molar-refractivity contribution < 1.29 is 13.5 Å². The molecule has 6 atom stereocenters. The first kappa shape index (κ1) is 20.4. The topological polar surface area (TPSA) is 78.8 Å². The van der Waals surface area contributed by atoms with Crippen LogP contribution in [0.25, 0.3) is 0 Å². The van der Waals surface area contributed by atoms with E-state index in [0.717, 1.165) is 50.5 Å². The molecule has 28 heavy (non-hydrogen) atoms. The highest BCUT2D eigenvalue weighted by molar-refractivity contribution is 7.88. The number of sulfonamides is 1. The molecule has 3 fully saturated rings. The van der Waals surface area contributed by atoms with Crippen molar-refractivity contribution in [3.8, 4) is 0 Å². The van der Waals surface area contributed by atoms with Crippen LogP contribution in [0.5, 0.6) is 0 Å². The van der Waals surface area contributed by atoms with Crippen LogP contribution in [0.4, 0.5) is 0 Å². The monoisotopic (exact) mass is 408 g/mol. The van der Waals surface area contributed by atoms with Crippen LogP contribution in [0.2, 0.25) is 0 Å². The Morgan fingerprint density at radius 2 is 1.71 bits per heavy atom. The molecule has 4 aliphatic rings. The SMILES string of the molecule is CC1=C2CC[C@@H]3[C@H](CC[C@@]4(C)[C@H]3CC[C@]4(C)O)[C@@]2(C)CC/C1=N\NS(C)(=O)=O. The number of allylic oxidation sites excluding steroid dienone is 2. The molecule has 0 aromatic rings. The van der Waals surface area contributed by atoms with Gasteiger partial charge in [-0.05, 0) is 99.4 Å². The van der Waals surface area contributed by atoms with Crippen molar-refractivity contribution in [3.05, 3.63) is 11.1 Å². The van der Waals surface area contributed by atoms with Gasteiger partial charge in [-0.2, -0.15) is 5.10 Å². The van der Waals surface area contributed by atoms with E-state index in [2.05, 4.69) is 37.6 Å². The minimum absolute atomic E-state index is 0.0570. The van der Waals surface area contributed by atoms with Crippen molar-refractivity contribution in [2.45, 2.75) is 84.7 Å². The summed E-state index contributed by atoms with van der Waals surface area (Å²) in [5.41, 5.74) is 3.33. The van der Waals surface area contributed by atoms with Crippen LogP contribution in [-0.4, -0.2) is 31.1 Å². The molecule has 0 unspecified atom stereocenters. The molecule has 6 heteroatoms. The molecule has 0 heterocycles. The first-order valence-electron chi connectivity index (χ1n) is 10.9. The number of nitrogens with zero attached hydrogens (tertiary/aromatic N) is 1. The molecule has 4 rings (SSSR count). The van der Waals surface area contributed by atoms with Crippen molar-refractivity contribution in [2.75, 3.05) is 6.26 Å². The second kappa shape index (κ2) is 6.31. The van der Waals surface area contributed by atoms with Gasteiger partial charge in [-0.1, -0.05) is 19.4 Å². The van der Waals surface area contributed by atoms with Gasteiger partial charge in [-0.25, -0.2) is 13.2 Å². The van der Waals surface area contributed by atoms with E-state index < -0.39 is 15.6 Å². The molecular formula is C22H36N2O3S. The average molecular weight is 409 g/mol. The van der Waals surface area contributed by atoms with Gasteiger partial charge in [0.15, 0.2) is 0 Å². The van der Waals surface area contributed by atoms with Crippen LogP contribution < -0.4 is 4.83 Å². The van der Waals surface area contributed by atoms with Gasteiger partial charge in [0.2, 0.25) is 10.0 Å². The van der Waals surface area contributed by atoms with Gasteiger partial charge in [-0.15, -0.1) is 0 Å². The highest BCUT2D eigenvalue weighted by Gasteiger charge is 2.62. The molecule has 0 bridgehead atoms. The Balaban J connectivity index is 1.65. The van der Waals surface area contributed by atoms with Gasteiger partial charge in [0, 0.05) is 0 Å². The minimum Gasteiger partial charge on any atom is -0.390 e. The minimum atomic E-state index is -3.32. The van der Waals surface area contributed by atoms with E-state index >= 15 is 0 Å². The number of aliphatic hydroxyl groups is 1. The highest BCUT2D eigenvalue weighted by Crippen LogP contribution is 2.67. The Hall–Kier alpha value is -0.880. The third-order valence-electron chi connectivity index (χ3n) is 9.35. The zero-order valence-corrected chi connectivity index (χ0v) is 18.8. The van der Waals surface area contributed by atoms with Crippen LogP contribution in [0, 0.1) is 28.6 Å². The Labute approximate surface area is 170 Å². The first-order chi connectivity index (χ1) is 12.9. The van der Waals surface area contributed by atoms with Crippen molar-refractivity contribution in [1.82, 2.24) is 4.83 Å². The van der Waals surface area contributed by atoms with Gasteiger partial charge in [0.05, 0.1) is 17.6 Å². The summed E-state index contributed by atoms with van der Waals surface area (Å²) in [6.45, 7) is 8.97. The smallest absolute Gasteiger partial charge is 0.244 e. The summed E-state index contributed by atoms with van der Waals surface area (Å²) in [5, 5.41) is 15.3. The molecule has 0 aromatic carbocycles. The lowest BCUT2D eigenvalue weighted by molar-refractivity contribution is -0.117. The van der Waals surface area contributed by atoms with Crippen molar-refractivity contribution in [3.63, 3.8) is 0 Å². The Bertz CT molecular complexity index is 844. The second-order valence-corrected chi connectivity index (χ2v) is 12.4. The van der Waals surface area contributed by atoms with Crippen LogP contribution in [0.15, 0.2) is 16.2 Å². The second-order valence-electron chi connectivity index (χ2n) is 10.6. The molecule has 3 saturated carbocycles. The fraction of sp³-hybridized carbons (Fsp3) is 0.864. The van der Waals surface area contributed by atoms with E-state index in [-0.39, 0.29) is 10.8 Å². The Morgan fingerprint density at radius 3 is 2.39 bits per heavy atom. The molecule has 0 spiro atoms. The fourth-order valence-electron chi connectivity index (χ4n) is 7.51. The van der Waals surface area contributed by atoms with Gasteiger partial charge in [0.1, 0.15) is 0 Å². The van der Waals surface area contributed by atoms with E-state index in [1.807, 2.05) is 0 Å². The van der Waals surface area contributed by atoms with E-state index in [0.29, 0.717) is 17.8 Å².